The van der Waals surface area contributed by atoms with Gasteiger partial charge in [0.2, 0.25) is 5.91 Å². The summed E-state index contributed by atoms with van der Waals surface area (Å²) in [5, 5.41) is 14.0. The molecule has 2 aromatic carbocycles. The lowest BCUT2D eigenvalue weighted by Crippen LogP contribution is -2.36. The predicted molar refractivity (Wildman–Crippen MR) is 163 cm³/mol. The molecule has 0 radical (unpaired) electrons. The number of ether oxygens (including phenoxy) is 3. The molecule has 2 aromatic rings. The van der Waals surface area contributed by atoms with Crippen molar-refractivity contribution in [3.05, 3.63) is 86.4 Å². The first-order valence-corrected chi connectivity index (χ1v) is 14.3. The van der Waals surface area contributed by atoms with Gasteiger partial charge in [0.05, 0.1) is 35.0 Å². The van der Waals surface area contributed by atoms with E-state index >= 15 is 0 Å². The molecule has 2 aliphatic heterocycles. The number of hydrogen-bond acceptors (Lipinski definition) is 9. The Kier molecular flexibility index (Phi) is 11.0. The monoisotopic (exact) mass is 629 g/mol. The second-order valence-electron chi connectivity index (χ2n) is 9.77. The van der Waals surface area contributed by atoms with Crippen LogP contribution in [0.2, 0.25) is 10.0 Å². The first-order valence-electron chi connectivity index (χ1n) is 13.6. The molecule has 1 atom stereocenters. The lowest BCUT2D eigenvalue weighted by molar-refractivity contribution is -0.136. The Morgan fingerprint density at radius 3 is 2.51 bits per heavy atom. The molecule has 13 heteroatoms. The number of hydrazone groups is 1. The fourth-order valence-corrected chi connectivity index (χ4v) is 5.20. The maximum absolute atomic E-state index is 12.7. The molecule has 0 saturated carbocycles. The number of nitrogens with zero attached hydrogens (tertiary/aromatic N) is 1. The third kappa shape index (κ3) is 8.07. The zero-order valence-electron chi connectivity index (χ0n) is 24.0. The van der Waals surface area contributed by atoms with E-state index in [9.17, 15) is 14.4 Å². The molecule has 0 fully saturated rings. The van der Waals surface area contributed by atoms with Gasteiger partial charge in [-0.25, -0.2) is 10.2 Å². The summed E-state index contributed by atoms with van der Waals surface area (Å²) in [5.41, 5.74) is 6.49. The molecule has 0 aliphatic carbocycles. The van der Waals surface area contributed by atoms with E-state index in [0.717, 1.165) is 22.5 Å². The predicted octanol–water partition coefficient (Wildman–Crippen LogP) is 3.73. The van der Waals surface area contributed by atoms with E-state index in [-0.39, 0.29) is 25.2 Å². The Bertz CT molecular complexity index is 1490. The number of carbonyl (C=O) groups is 3. The highest BCUT2D eigenvalue weighted by Crippen LogP contribution is 2.41. The summed E-state index contributed by atoms with van der Waals surface area (Å²) in [6.45, 7) is 4.30. The van der Waals surface area contributed by atoms with Crippen LogP contribution in [0.1, 0.15) is 43.7 Å². The van der Waals surface area contributed by atoms with Gasteiger partial charge in [-0.2, -0.15) is 5.10 Å². The van der Waals surface area contributed by atoms with Crippen LogP contribution in [-0.2, 0) is 23.9 Å². The van der Waals surface area contributed by atoms with Gasteiger partial charge in [0.15, 0.2) is 6.61 Å². The molecular formula is C30H33Cl2N5O6. The summed E-state index contributed by atoms with van der Waals surface area (Å²) in [4.78, 5) is 36.3. The Hall–Kier alpha value is -4.06. The number of allylic oxidation sites excluding steroid dienone is 3. The number of dihydropyridines is 1. The molecule has 0 saturated heterocycles. The minimum Gasteiger partial charge on any atom is -0.482 e. The average Bonchev–Trinajstić information content (AvgIpc) is 2.99. The van der Waals surface area contributed by atoms with E-state index in [0.29, 0.717) is 58.8 Å². The molecule has 2 aliphatic rings. The minimum atomic E-state index is -0.557. The van der Waals surface area contributed by atoms with Crippen LogP contribution in [0.3, 0.4) is 0 Å². The van der Waals surface area contributed by atoms with E-state index < -0.39 is 11.9 Å². The zero-order chi connectivity index (χ0) is 30.9. The van der Waals surface area contributed by atoms with Gasteiger partial charge in [-0.3, -0.25) is 14.9 Å². The second kappa shape index (κ2) is 14.9. The Balaban J connectivity index is 1.25. The third-order valence-electron chi connectivity index (χ3n) is 6.80. The summed E-state index contributed by atoms with van der Waals surface area (Å²) in [6.07, 6.45) is 0.881. The smallest absolute Gasteiger partial charge is 0.336 e. The molecule has 0 bridgehead atoms. The normalized spacial score (nSPS) is 16.6. The average molecular weight is 631 g/mol. The Morgan fingerprint density at radius 2 is 1.81 bits per heavy atom. The van der Waals surface area contributed by atoms with E-state index in [4.69, 9.17) is 37.4 Å². The largest absolute Gasteiger partial charge is 0.482 e. The van der Waals surface area contributed by atoms with Crippen molar-refractivity contribution >= 4 is 46.7 Å². The third-order valence-corrected chi connectivity index (χ3v) is 7.44. The molecule has 11 nitrogen and oxygen atoms in total. The lowest BCUT2D eigenvalue weighted by Gasteiger charge is -2.31. The van der Waals surface area contributed by atoms with Crippen LogP contribution < -0.4 is 26.1 Å². The molecule has 2 amide bonds. The molecule has 43 heavy (non-hydrogen) atoms. The van der Waals surface area contributed by atoms with Gasteiger partial charge in [0, 0.05) is 36.7 Å². The first-order chi connectivity index (χ1) is 20.7. The number of methoxy groups -OCH3 is 1. The molecule has 2 heterocycles. The number of amides is 2. The maximum Gasteiger partial charge on any atom is 0.336 e. The molecule has 4 rings (SSSR count). The lowest BCUT2D eigenvalue weighted by atomic mass is 9.85. The van der Waals surface area contributed by atoms with Crippen molar-refractivity contribution in [2.24, 2.45) is 5.10 Å². The van der Waals surface area contributed by atoms with E-state index in [1.54, 1.807) is 31.2 Å². The van der Waals surface area contributed by atoms with Crippen LogP contribution in [0.25, 0.3) is 0 Å². The van der Waals surface area contributed by atoms with Gasteiger partial charge in [0.25, 0.3) is 5.91 Å². The van der Waals surface area contributed by atoms with Crippen LogP contribution >= 0.6 is 23.2 Å². The molecule has 0 aromatic heterocycles. The number of nitrogens with one attached hydrogen (secondary N) is 4. The zero-order valence-corrected chi connectivity index (χ0v) is 25.5. The summed E-state index contributed by atoms with van der Waals surface area (Å²) in [6, 6.07) is 12.4. The number of halogens is 2. The van der Waals surface area contributed by atoms with Crippen molar-refractivity contribution in [2.75, 3.05) is 33.5 Å². The SMILES string of the molecule is COC(=O)C1=C(C)NC(C)=C(OCNCCNC(=O)COc2ccc(C3=NNC(=O)CC3)cc2Cl)C1c1ccccc1Cl. The van der Waals surface area contributed by atoms with Crippen LogP contribution in [0, 0.1) is 0 Å². The van der Waals surface area contributed by atoms with Crippen LogP contribution in [0.4, 0.5) is 0 Å². The van der Waals surface area contributed by atoms with Gasteiger partial charge in [-0.05, 0) is 49.2 Å². The van der Waals surface area contributed by atoms with Crippen molar-refractivity contribution in [3.8, 4) is 5.75 Å². The van der Waals surface area contributed by atoms with Crippen molar-refractivity contribution in [2.45, 2.75) is 32.6 Å². The van der Waals surface area contributed by atoms with Gasteiger partial charge in [-0.15, -0.1) is 0 Å². The molecule has 228 valence electrons. The van der Waals surface area contributed by atoms with E-state index in [1.807, 2.05) is 25.1 Å². The number of carbonyl (C=O) groups excluding carboxylic acids is 3. The van der Waals surface area contributed by atoms with Crippen LogP contribution in [0.15, 0.2) is 70.3 Å². The summed E-state index contributed by atoms with van der Waals surface area (Å²) >= 11 is 12.8. The number of benzene rings is 2. The van der Waals surface area contributed by atoms with Crippen molar-refractivity contribution in [3.63, 3.8) is 0 Å². The number of esters is 1. The summed E-state index contributed by atoms with van der Waals surface area (Å²) in [5.74, 6) is -0.584. The van der Waals surface area contributed by atoms with E-state index in [1.165, 1.54) is 7.11 Å². The standard InChI is InChI=1S/C30H33Cl2N5O6/c1-17-27(30(40)41-3)28(20-6-4-5-7-21(20)31)29(18(2)35-17)43-16-33-12-13-34-26(39)15-42-24-10-8-19(14-22(24)32)23-9-11-25(38)37-36-23/h4-8,10,14,28,33,35H,9,11-13,15-16H2,1-3H3,(H,34,39)(H,37,38). The number of rotatable bonds is 12. The minimum absolute atomic E-state index is 0.117. The quantitative estimate of drug-likeness (QED) is 0.158. The van der Waals surface area contributed by atoms with Crippen molar-refractivity contribution in [1.29, 1.82) is 0 Å². The van der Waals surface area contributed by atoms with Gasteiger partial charge < -0.3 is 24.8 Å². The van der Waals surface area contributed by atoms with Gasteiger partial charge in [-0.1, -0.05) is 41.4 Å². The second-order valence-corrected chi connectivity index (χ2v) is 10.6. The highest BCUT2D eigenvalue weighted by molar-refractivity contribution is 6.32. The van der Waals surface area contributed by atoms with Crippen LogP contribution in [-0.4, -0.2) is 57.0 Å². The maximum atomic E-state index is 12.7. The number of hydrogen-bond donors (Lipinski definition) is 4. The van der Waals surface area contributed by atoms with Crippen molar-refractivity contribution < 1.29 is 28.6 Å². The fourth-order valence-electron chi connectivity index (χ4n) is 4.72. The van der Waals surface area contributed by atoms with Crippen molar-refractivity contribution in [1.82, 2.24) is 21.4 Å². The molecular weight excluding hydrogens is 597 g/mol. The van der Waals surface area contributed by atoms with E-state index in [2.05, 4.69) is 26.5 Å². The Labute approximate surface area is 259 Å². The topological polar surface area (TPSA) is 139 Å². The highest BCUT2D eigenvalue weighted by atomic mass is 35.5. The fraction of sp³-hybridized carbons (Fsp3) is 0.333. The summed E-state index contributed by atoms with van der Waals surface area (Å²) in [7, 11) is 1.33. The molecule has 1 unspecified atom stereocenters. The molecule has 4 N–H and O–H groups in total. The van der Waals surface area contributed by atoms with Gasteiger partial charge in [0.1, 0.15) is 18.2 Å². The first kappa shape index (κ1) is 31.9. The van der Waals surface area contributed by atoms with Gasteiger partial charge >= 0.3 is 5.97 Å². The Morgan fingerprint density at radius 1 is 1.02 bits per heavy atom. The highest BCUT2D eigenvalue weighted by Gasteiger charge is 2.36. The summed E-state index contributed by atoms with van der Waals surface area (Å²) < 4.78 is 16.7. The van der Waals surface area contributed by atoms with Crippen LogP contribution in [0.5, 0.6) is 5.75 Å². The molecule has 0 spiro atoms.